The average molecular weight is 249 g/mol. The van der Waals surface area contributed by atoms with Gasteiger partial charge in [0.25, 0.3) is 0 Å². The Morgan fingerprint density at radius 1 is 1.53 bits per heavy atom. The van der Waals surface area contributed by atoms with E-state index >= 15 is 0 Å². The Balaban J connectivity index is 2.43. The molecule has 0 unspecified atom stereocenters. The number of nitrogens with zero attached hydrogens (tertiary/aromatic N) is 2. The van der Waals surface area contributed by atoms with Gasteiger partial charge < -0.3 is 10.3 Å². The predicted molar refractivity (Wildman–Crippen MR) is 69.9 cm³/mol. The zero-order chi connectivity index (χ0) is 12.4. The summed E-state index contributed by atoms with van der Waals surface area (Å²) < 4.78 is 2.10. The molecule has 5 heteroatoms. The summed E-state index contributed by atoms with van der Waals surface area (Å²) in [6, 6.07) is 7.95. The minimum Gasteiger partial charge on any atom is -0.369 e. The second-order valence-electron chi connectivity index (χ2n) is 3.79. The lowest BCUT2D eigenvalue weighted by molar-refractivity contribution is -0.117. The smallest absolute Gasteiger partial charge is 0.230 e. The van der Waals surface area contributed by atoms with Gasteiger partial charge in [-0.25, -0.2) is 4.98 Å². The van der Waals surface area contributed by atoms with Crippen LogP contribution in [0, 0.1) is 0 Å². The van der Waals surface area contributed by atoms with Crippen LogP contribution >= 0.6 is 11.8 Å². The van der Waals surface area contributed by atoms with Crippen LogP contribution in [0.1, 0.15) is 13.8 Å². The second kappa shape index (κ2) is 4.79. The summed E-state index contributed by atoms with van der Waals surface area (Å²) in [5, 5.41) is 0.581. The van der Waals surface area contributed by atoms with Gasteiger partial charge in [0.15, 0.2) is 5.16 Å². The highest BCUT2D eigenvalue weighted by Crippen LogP contribution is 2.26. The zero-order valence-corrected chi connectivity index (χ0v) is 10.7. The second-order valence-corrected chi connectivity index (χ2v) is 5.10. The summed E-state index contributed by atoms with van der Waals surface area (Å²) in [5.74, 6) is -0.315. The number of nitrogens with two attached hydrogens (primary N) is 1. The SMILES string of the molecule is CCn1c(S[C@@H](C)C(N)=O)nc2ccccc21. The third-order valence-corrected chi connectivity index (χ3v) is 3.73. The van der Waals surface area contributed by atoms with Crippen molar-refractivity contribution >= 4 is 28.7 Å². The molecule has 0 aliphatic carbocycles. The largest absolute Gasteiger partial charge is 0.369 e. The lowest BCUT2D eigenvalue weighted by Gasteiger charge is -2.08. The molecule has 2 rings (SSSR count). The van der Waals surface area contributed by atoms with E-state index in [1.165, 1.54) is 11.8 Å². The van der Waals surface area contributed by atoms with E-state index in [2.05, 4.69) is 16.5 Å². The minimum atomic E-state index is -0.315. The van der Waals surface area contributed by atoms with Gasteiger partial charge in [-0.2, -0.15) is 0 Å². The lowest BCUT2D eigenvalue weighted by Crippen LogP contribution is -2.23. The molecule has 0 aliphatic heterocycles. The first-order chi connectivity index (χ1) is 8.13. The molecule has 1 amide bonds. The Bertz CT molecular complexity index is 550. The minimum absolute atomic E-state index is 0.267. The standard InChI is InChI=1S/C12H15N3OS/c1-3-15-10-7-5-4-6-9(10)14-12(15)17-8(2)11(13)16/h4-8H,3H2,1-2H3,(H2,13,16)/t8-/m0/s1. The molecule has 0 aliphatic rings. The fourth-order valence-electron chi connectivity index (χ4n) is 1.67. The van der Waals surface area contributed by atoms with Gasteiger partial charge >= 0.3 is 0 Å². The van der Waals surface area contributed by atoms with Gasteiger partial charge in [-0.05, 0) is 26.0 Å². The first-order valence-electron chi connectivity index (χ1n) is 5.54. The molecular formula is C12H15N3OS. The molecule has 2 N–H and O–H groups in total. The van der Waals surface area contributed by atoms with Gasteiger partial charge in [0.1, 0.15) is 0 Å². The number of amides is 1. The molecule has 0 saturated carbocycles. The van der Waals surface area contributed by atoms with Crippen molar-refractivity contribution in [3.8, 4) is 0 Å². The molecule has 1 aromatic carbocycles. The fourth-order valence-corrected chi connectivity index (χ4v) is 2.60. The molecule has 17 heavy (non-hydrogen) atoms. The van der Waals surface area contributed by atoms with Crippen LogP contribution in [0.4, 0.5) is 0 Å². The Hall–Kier alpha value is -1.49. The number of imidazole rings is 1. The Labute approximate surface area is 104 Å². The molecular weight excluding hydrogens is 234 g/mol. The molecule has 1 atom stereocenters. The molecule has 2 aromatic rings. The maximum atomic E-state index is 11.1. The van der Waals surface area contributed by atoms with Crippen LogP contribution < -0.4 is 5.73 Å². The van der Waals surface area contributed by atoms with E-state index in [1.807, 2.05) is 24.3 Å². The van der Waals surface area contributed by atoms with Crippen molar-refractivity contribution in [2.75, 3.05) is 0 Å². The summed E-state index contributed by atoms with van der Waals surface area (Å²) in [6.07, 6.45) is 0. The van der Waals surface area contributed by atoms with Crippen molar-refractivity contribution in [3.05, 3.63) is 24.3 Å². The van der Waals surface area contributed by atoms with E-state index in [-0.39, 0.29) is 11.2 Å². The first kappa shape index (κ1) is 12.0. The quantitative estimate of drug-likeness (QED) is 0.843. The number of primary amides is 1. The van der Waals surface area contributed by atoms with Crippen molar-refractivity contribution in [3.63, 3.8) is 0 Å². The van der Waals surface area contributed by atoms with Crippen LogP contribution in [0.5, 0.6) is 0 Å². The van der Waals surface area contributed by atoms with Gasteiger partial charge in [0, 0.05) is 6.54 Å². The van der Waals surface area contributed by atoms with E-state index in [4.69, 9.17) is 5.73 Å². The molecule has 1 heterocycles. The summed E-state index contributed by atoms with van der Waals surface area (Å²) in [6.45, 7) is 4.69. The molecule has 90 valence electrons. The van der Waals surface area contributed by atoms with Gasteiger partial charge in [-0.1, -0.05) is 23.9 Å². The van der Waals surface area contributed by atoms with E-state index in [9.17, 15) is 4.79 Å². The number of aryl methyl sites for hydroxylation is 1. The number of aromatic nitrogens is 2. The summed E-state index contributed by atoms with van der Waals surface area (Å²) in [4.78, 5) is 15.6. The van der Waals surface area contributed by atoms with Crippen molar-refractivity contribution in [1.82, 2.24) is 9.55 Å². The van der Waals surface area contributed by atoms with Crippen molar-refractivity contribution in [1.29, 1.82) is 0 Å². The van der Waals surface area contributed by atoms with E-state index in [0.717, 1.165) is 22.7 Å². The summed E-state index contributed by atoms with van der Waals surface area (Å²) in [5.41, 5.74) is 7.32. The monoisotopic (exact) mass is 249 g/mol. The number of thioether (sulfide) groups is 1. The molecule has 0 saturated heterocycles. The van der Waals surface area contributed by atoms with Crippen LogP contribution in [0.3, 0.4) is 0 Å². The number of rotatable bonds is 4. The number of fused-ring (bicyclic) bond motifs is 1. The van der Waals surface area contributed by atoms with Crippen LogP contribution in [-0.4, -0.2) is 20.7 Å². The van der Waals surface area contributed by atoms with Crippen molar-refractivity contribution in [2.45, 2.75) is 30.8 Å². The summed E-state index contributed by atoms with van der Waals surface area (Å²) in [7, 11) is 0. The molecule has 0 radical (unpaired) electrons. The molecule has 1 aromatic heterocycles. The molecule has 0 spiro atoms. The molecule has 0 bridgehead atoms. The first-order valence-corrected chi connectivity index (χ1v) is 6.42. The highest BCUT2D eigenvalue weighted by atomic mass is 32.2. The molecule has 0 fully saturated rings. The number of benzene rings is 1. The van der Waals surface area contributed by atoms with E-state index < -0.39 is 0 Å². The number of para-hydroxylation sites is 2. The predicted octanol–water partition coefficient (Wildman–Crippen LogP) is 2.02. The Morgan fingerprint density at radius 3 is 2.88 bits per heavy atom. The Kier molecular flexibility index (Phi) is 3.38. The molecule has 4 nitrogen and oxygen atoms in total. The highest BCUT2D eigenvalue weighted by Gasteiger charge is 2.16. The number of carbonyl (C=O) groups is 1. The van der Waals surface area contributed by atoms with Crippen molar-refractivity contribution < 1.29 is 4.79 Å². The number of hydrogen-bond acceptors (Lipinski definition) is 3. The maximum absolute atomic E-state index is 11.1. The third-order valence-electron chi connectivity index (χ3n) is 2.62. The van der Waals surface area contributed by atoms with Gasteiger partial charge in [-0.3, -0.25) is 4.79 Å². The maximum Gasteiger partial charge on any atom is 0.230 e. The average Bonchev–Trinajstić information content (AvgIpc) is 2.65. The van der Waals surface area contributed by atoms with Crippen LogP contribution in [0.15, 0.2) is 29.4 Å². The van der Waals surface area contributed by atoms with Crippen LogP contribution in [-0.2, 0) is 11.3 Å². The van der Waals surface area contributed by atoms with E-state index in [0.29, 0.717) is 0 Å². The topological polar surface area (TPSA) is 60.9 Å². The normalized spacial score (nSPS) is 12.8. The zero-order valence-electron chi connectivity index (χ0n) is 9.88. The number of carbonyl (C=O) groups excluding carboxylic acids is 1. The van der Waals surface area contributed by atoms with Crippen LogP contribution in [0.25, 0.3) is 11.0 Å². The highest BCUT2D eigenvalue weighted by molar-refractivity contribution is 8.00. The Morgan fingerprint density at radius 2 is 2.24 bits per heavy atom. The summed E-state index contributed by atoms with van der Waals surface area (Å²) >= 11 is 1.41. The lowest BCUT2D eigenvalue weighted by atomic mass is 10.3. The fraction of sp³-hybridized carbons (Fsp3) is 0.333. The number of hydrogen-bond donors (Lipinski definition) is 1. The third kappa shape index (κ3) is 2.29. The van der Waals surface area contributed by atoms with E-state index in [1.54, 1.807) is 6.92 Å². The van der Waals surface area contributed by atoms with Gasteiger partial charge in [0.2, 0.25) is 5.91 Å². The van der Waals surface area contributed by atoms with Gasteiger partial charge in [0.05, 0.1) is 16.3 Å². The van der Waals surface area contributed by atoms with Crippen LogP contribution in [0.2, 0.25) is 0 Å². The van der Waals surface area contributed by atoms with Crippen molar-refractivity contribution in [2.24, 2.45) is 5.73 Å². The van der Waals surface area contributed by atoms with Gasteiger partial charge in [-0.15, -0.1) is 0 Å².